The van der Waals surface area contributed by atoms with Crippen molar-refractivity contribution >= 4 is 5.82 Å². The van der Waals surface area contributed by atoms with Gasteiger partial charge in [-0.05, 0) is 18.6 Å². The lowest BCUT2D eigenvalue weighted by Gasteiger charge is -2.10. The maximum absolute atomic E-state index is 9.86. The minimum Gasteiger partial charge on any atom is -0.504 e. The van der Waals surface area contributed by atoms with Crippen LogP contribution in [0.1, 0.15) is 5.56 Å². The van der Waals surface area contributed by atoms with Gasteiger partial charge in [-0.2, -0.15) is 5.10 Å². The van der Waals surface area contributed by atoms with Crippen LogP contribution in [0, 0.1) is 6.92 Å². The highest BCUT2D eigenvalue weighted by Gasteiger charge is 2.14. The first kappa shape index (κ1) is 10.4. The van der Waals surface area contributed by atoms with Crippen LogP contribution in [-0.2, 0) is 0 Å². The fourth-order valence-electron chi connectivity index (χ4n) is 1.56. The first-order chi connectivity index (χ1) is 7.63. The van der Waals surface area contributed by atoms with E-state index in [2.05, 4.69) is 10.2 Å². The molecule has 0 amide bonds. The smallest absolute Gasteiger partial charge is 0.170 e. The van der Waals surface area contributed by atoms with Crippen LogP contribution < -0.4 is 10.5 Å². The highest BCUT2D eigenvalue weighted by atomic mass is 16.5. The summed E-state index contributed by atoms with van der Waals surface area (Å²) in [7, 11) is 1.51. The van der Waals surface area contributed by atoms with Gasteiger partial charge in [0.1, 0.15) is 5.82 Å². The van der Waals surface area contributed by atoms with Gasteiger partial charge >= 0.3 is 0 Å². The number of rotatable bonds is 2. The number of methoxy groups -OCH3 is 1. The molecule has 1 aromatic carbocycles. The molecular weight excluding hydrogens is 206 g/mol. The number of phenolic OH excluding ortho intramolecular Hbond substituents is 1. The van der Waals surface area contributed by atoms with Gasteiger partial charge in [-0.15, -0.1) is 0 Å². The van der Waals surface area contributed by atoms with Gasteiger partial charge in [0.25, 0.3) is 0 Å². The van der Waals surface area contributed by atoms with Gasteiger partial charge in [0, 0.05) is 11.6 Å². The SMILES string of the molecule is COc1c(-c2cc(N)n[nH]2)ccc(C)c1O. The van der Waals surface area contributed by atoms with Gasteiger partial charge in [-0.3, -0.25) is 5.10 Å². The number of anilines is 1. The van der Waals surface area contributed by atoms with Crippen molar-refractivity contribution in [1.82, 2.24) is 10.2 Å². The molecular formula is C11H13N3O2. The van der Waals surface area contributed by atoms with Crippen LogP contribution in [0.5, 0.6) is 11.5 Å². The molecule has 16 heavy (non-hydrogen) atoms. The Morgan fingerprint density at radius 3 is 2.75 bits per heavy atom. The van der Waals surface area contributed by atoms with Crippen molar-refractivity contribution < 1.29 is 9.84 Å². The summed E-state index contributed by atoms with van der Waals surface area (Å²) in [6.07, 6.45) is 0. The van der Waals surface area contributed by atoms with Gasteiger partial charge in [0.2, 0.25) is 0 Å². The molecule has 1 heterocycles. The fourth-order valence-corrected chi connectivity index (χ4v) is 1.56. The zero-order valence-corrected chi connectivity index (χ0v) is 9.11. The Balaban J connectivity index is 2.61. The molecule has 2 aromatic rings. The summed E-state index contributed by atoms with van der Waals surface area (Å²) in [6, 6.07) is 5.34. The highest BCUT2D eigenvalue weighted by molar-refractivity contribution is 5.73. The average molecular weight is 219 g/mol. The third kappa shape index (κ3) is 1.56. The number of nitrogens with zero attached hydrogens (tertiary/aromatic N) is 1. The number of nitrogen functional groups attached to an aromatic ring is 1. The van der Waals surface area contributed by atoms with E-state index in [9.17, 15) is 5.11 Å². The number of hydrogen-bond donors (Lipinski definition) is 3. The first-order valence-electron chi connectivity index (χ1n) is 4.81. The molecule has 0 saturated carbocycles. The number of nitrogens with two attached hydrogens (primary N) is 1. The number of aromatic hydroxyl groups is 1. The molecule has 5 heteroatoms. The molecule has 0 atom stereocenters. The number of ether oxygens (including phenoxy) is 1. The number of aromatic nitrogens is 2. The van der Waals surface area contributed by atoms with E-state index in [1.807, 2.05) is 19.1 Å². The second-order valence-corrected chi connectivity index (χ2v) is 3.52. The van der Waals surface area contributed by atoms with Crippen molar-refractivity contribution in [3.63, 3.8) is 0 Å². The third-order valence-electron chi connectivity index (χ3n) is 2.43. The van der Waals surface area contributed by atoms with Crippen molar-refractivity contribution in [2.75, 3.05) is 12.8 Å². The van der Waals surface area contributed by atoms with Crippen LogP contribution in [0.4, 0.5) is 5.82 Å². The van der Waals surface area contributed by atoms with E-state index >= 15 is 0 Å². The molecule has 4 N–H and O–H groups in total. The Bertz CT molecular complexity index is 520. The van der Waals surface area contributed by atoms with Crippen molar-refractivity contribution in [1.29, 1.82) is 0 Å². The Labute approximate surface area is 92.9 Å². The Morgan fingerprint density at radius 1 is 1.44 bits per heavy atom. The highest BCUT2D eigenvalue weighted by Crippen LogP contribution is 2.38. The quantitative estimate of drug-likeness (QED) is 0.717. The predicted octanol–water partition coefficient (Wildman–Crippen LogP) is 1.68. The maximum atomic E-state index is 9.86. The van der Waals surface area contributed by atoms with E-state index in [0.29, 0.717) is 17.3 Å². The van der Waals surface area contributed by atoms with Crippen LogP contribution >= 0.6 is 0 Å². The lowest BCUT2D eigenvalue weighted by atomic mass is 10.1. The summed E-state index contributed by atoms with van der Waals surface area (Å²) in [6.45, 7) is 1.81. The third-order valence-corrected chi connectivity index (χ3v) is 2.43. The van der Waals surface area contributed by atoms with E-state index in [4.69, 9.17) is 10.5 Å². The van der Waals surface area contributed by atoms with E-state index in [1.165, 1.54) is 7.11 Å². The zero-order chi connectivity index (χ0) is 11.7. The molecule has 0 spiro atoms. The Hall–Kier alpha value is -2.17. The van der Waals surface area contributed by atoms with Crippen molar-refractivity contribution in [2.45, 2.75) is 6.92 Å². The number of aromatic amines is 1. The van der Waals surface area contributed by atoms with Crippen molar-refractivity contribution in [2.24, 2.45) is 0 Å². The summed E-state index contributed by atoms with van der Waals surface area (Å²) in [5.74, 6) is 0.953. The lowest BCUT2D eigenvalue weighted by Crippen LogP contribution is -1.90. The molecule has 0 bridgehead atoms. The molecule has 0 unspecified atom stereocenters. The second-order valence-electron chi connectivity index (χ2n) is 3.52. The van der Waals surface area contributed by atoms with Gasteiger partial charge in [0.15, 0.2) is 11.5 Å². The number of hydrogen-bond acceptors (Lipinski definition) is 4. The summed E-state index contributed by atoms with van der Waals surface area (Å²) in [5, 5.41) is 16.5. The maximum Gasteiger partial charge on any atom is 0.170 e. The number of phenols is 1. The topological polar surface area (TPSA) is 84.2 Å². The molecule has 0 fully saturated rings. The molecule has 2 rings (SSSR count). The molecule has 0 aliphatic heterocycles. The zero-order valence-electron chi connectivity index (χ0n) is 9.11. The van der Waals surface area contributed by atoms with E-state index in [1.54, 1.807) is 6.07 Å². The summed E-state index contributed by atoms with van der Waals surface area (Å²) in [4.78, 5) is 0. The van der Waals surface area contributed by atoms with Crippen LogP contribution in [0.25, 0.3) is 11.3 Å². The predicted molar refractivity (Wildman–Crippen MR) is 61.4 cm³/mol. The second kappa shape index (κ2) is 3.77. The van der Waals surface area contributed by atoms with Gasteiger partial charge < -0.3 is 15.6 Å². The number of nitrogens with one attached hydrogen (secondary N) is 1. The fraction of sp³-hybridized carbons (Fsp3) is 0.182. The molecule has 0 aliphatic rings. The van der Waals surface area contributed by atoms with Gasteiger partial charge in [0.05, 0.1) is 12.8 Å². The normalized spacial score (nSPS) is 10.4. The monoisotopic (exact) mass is 219 g/mol. The Morgan fingerprint density at radius 2 is 2.19 bits per heavy atom. The summed E-state index contributed by atoms with van der Waals surface area (Å²) >= 11 is 0. The Kier molecular flexibility index (Phi) is 2.44. The molecule has 1 aromatic heterocycles. The van der Waals surface area contributed by atoms with Crippen molar-refractivity contribution in [3.05, 3.63) is 23.8 Å². The van der Waals surface area contributed by atoms with Crippen LogP contribution in [0.2, 0.25) is 0 Å². The van der Waals surface area contributed by atoms with E-state index in [-0.39, 0.29) is 5.75 Å². The van der Waals surface area contributed by atoms with E-state index < -0.39 is 0 Å². The molecule has 5 nitrogen and oxygen atoms in total. The van der Waals surface area contributed by atoms with Gasteiger partial charge in [-0.25, -0.2) is 0 Å². The molecule has 0 aliphatic carbocycles. The largest absolute Gasteiger partial charge is 0.504 e. The first-order valence-corrected chi connectivity index (χ1v) is 4.81. The molecule has 0 radical (unpaired) electrons. The van der Waals surface area contributed by atoms with Crippen LogP contribution in [-0.4, -0.2) is 22.4 Å². The van der Waals surface area contributed by atoms with Crippen molar-refractivity contribution in [3.8, 4) is 22.8 Å². The molecule has 0 saturated heterocycles. The summed E-state index contributed by atoms with van der Waals surface area (Å²) < 4.78 is 5.18. The van der Waals surface area contributed by atoms with Crippen LogP contribution in [0.3, 0.4) is 0 Å². The minimum absolute atomic E-state index is 0.133. The van der Waals surface area contributed by atoms with Crippen LogP contribution in [0.15, 0.2) is 18.2 Å². The number of aryl methyl sites for hydroxylation is 1. The average Bonchev–Trinajstić information content (AvgIpc) is 2.68. The standard InChI is InChI=1S/C11H13N3O2/c1-6-3-4-7(11(16-2)10(6)15)8-5-9(12)14-13-8/h3-5,15H,1-2H3,(H3,12,13,14). The molecule has 84 valence electrons. The summed E-state index contributed by atoms with van der Waals surface area (Å²) in [5.41, 5.74) is 7.73. The number of H-pyrrole nitrogens is 1. The lowest BCUT2D eigenvalue weighted by molar-refractivity contribution is 0.373. The number of benzene rings is 1. The van der Waals surface area contributed by atoms with Gasteiger partial charge in [-0.1, -0.05) is 6.07 Å². The van der Waals surface area contributed by atoms with E-state index in [0.717, 1.165) is 11.1 Å². The minimum atomic E-state index is 0.133.